The van der Waals surface area contributed by atoms with Crippen molar-refractivity contribution in [2.75, 3.05) is 4.90 Å². The Bertz CT molecular complexity index is 2520. The fourth-order valence-electron chi connectivity index (χ4n) is 6.45. The van der Waals surface area contributed by atoms with Gasteiger partial charge in [0.15, 0.2) is 0 Å². The molecule has 202 valence electrons. The van der Waals surface area contributed by atoms with E-state index < -0.39 is 20.4 Å². The fourth-order valence-corrected chi connectivity index (χ4v) is 9.92. The van der Waals surface area contributed by atoms with Crippen molar-refractivity contribution in [3.63, 3.8) is 0 Å². The first kappa shape index (κ1) is 24.7. The Kier molecular flexibility index (Phi) is 5.50. The van der Waals surface area contributed by atoms with Gasteiger partial charge in [0.2, 0.25) is 0 Å². The topological polar surface area (TPSA) is 33.5 Å². The summed E-state index contributed by atoms with van der Waals surface area (Å²) in [5, 5.41) is 8.47. The zero-order valence-corrected chi connectivity index (χ0v) is 25.3. The van der Waals surface area contributed by atoms with E-state index in [4.69, 9.17) is 4.42 Å². The van der Waals surface area contributed by atoms with Crippen molar-refractivity contribution in [3.8, 4) is 0 Å². The van der Waals surface area contributed by atoms with E-state index in [-0.39, 0.29) is 5.43 Å². The molecule has 9 aromatic rings. The first-order valence-electron chi connectivity index (χ1n) is 14.3. The monoisotopic (exact) mass is 667 g/mol. The Balaban J connectivity index is 1.39. The molecule has 0 atom stereocenters. The van der Waals surface area contributed by atoms with Gasteiger partial charge >= 0.3 is 258 Å². The molecule has 7 aromatic carbocycles. The van der Waals surface area contributed by atoms with E-state index in [2.05, 4.69) is 120 Å². The van der Waals surface area contributed by atoms with Crippen LogP contribution in [-0.2, 0) is 0 Å². The second-order valence-electron chi connectivity index (χ2n) is 10.9. The van der Waals surface area contributed by atoms with Crippen molar-refractivity contribution in [1.29, 1.82) is 0 Å². The van der Waals surface area contributed by atoms with Crippen LogP contribution in [0.1, 0.15) is 0 Å². The third-order valence-corrected chi connectivity index (χ3v) is 11.8. The quantitative estimate of drug-likeness (QED) is 0.139. The second kappa shape index (κ2) is 9.57. The summed E-state index contributed by atoms with van der Waals surface area (Å²) in [4.78, 5) is 16.0. The molecule has 4 heteroatoms. The average Bonchev–Trinajstić information content (AvgIpc) is 3.42. The van der Waals surface area contributed by atoms with E-state index in [1.54, 1.807) is 0 Å². The van der Waals surface area contributed by atoms with E-state index in [0.717, 1.165) is 16.8 Å². The molecule has 0 saturated carbocycles. The summed E-state index contributed by atoms with van der Waals surface area (Å²) in [7, 11) is 0. The number of fused-ring (bicyclic) bond motifs is 7. The molecule has 0 aliphatic rings. The van der Waals surface area contributed by atoms with Gasteiger partial charge in [-0.15, -0.1) is 0 Å². The van der Waals surface area contributed by atoms with Crippen molar-refractivity contribution in [3.05, 3.63) is 150 Å². The summed E-state index contributed by atoms with van der Waals surface area (Å²) >= 11 is -0.795. The molecule has 0 spiro atoms. The van der Waals surface area contributed by atoms with E-state index in [0.29, 0.717) is 21.9 Å². The van der Waals surface area contributed by atoms with Crippen molar-refractivity contribution < 1.29 is 4.42 Å². The molecule has 0 unspecified atom stereocenters. The number of anilines is 3. The third-order valence-electron chi connectivity index (χ3n) is 8.43. The molecule has 3 nitrogen and oxygen atoms in total. The predicted molar refractivity (Wildman–Crippen MR) is 182 cm³/mol. The van der Waals surface area contributed by atoms with E-state index in [9.17, 15) is 4.79 Å². The van der Waals surface area contributed by atoms with Gasteiger partial charge in [0.05, 0.1) is 0 Å². The van der Waals surface area contributed by atoms with Crippen molar-refractivity contribution in [1.82, 2.24) is 0 Å². The standard InChI is InChI=1S/C39H23NO2Te/c41-38-29-16-5-6-21-35(29)42-36-23-37-30(22-31(36)38)28-17-9-20-34(39(28)43-37)40(32-18-7-12-24-10-1-3-14-26(24)32)33-19-8-13-25-11-2-4-15-27(25)33/h1-23H. The Morgan fingerprint density at radius 2 is 1.02 bits per heavy atom. The molecule has 2 aromatic heterocycles. The van der Waals surface area contributed by atoms with Crippen LogP contribution in [0, 0.1) is 0 Å². The maximum absolute atomic E-state index is 13.5. The normalized spacial score (nSPS) is 11.8. The summed E-state index contributed by atoms with van der Waals surface area (Å²) in [6, 6.07) is 48.7. The second-order valence-corrected chi connectivity index (χ2v) is 13.9. The van der Waals surface area contributed by atoms with Crippen LogP contribution in [0.4, 0.5) is 17.1 Å². The molecule has 0 fully saturated rings. The molecular formula is C39H23NO2Te. The molecule has 0 bridgehead atoms. The molecule has 0 aliphatic heterocycles. The third kappa shape index (κ3) is 3.78. The number of rotatable bonds is 3. The van der Waals surface area contributed by atoms with Gasteiger partial charge < -0.3 is 0 Å². The van der Waals surface area contributed by atoms with Crippen LogP contribution < -0.4 is 10.3 Å². The predicted octanol–water partition coefficient (Wildman–Crippen LogP) is 10.1. The van der Waals surface area contributed by atoms with Gasteiger partial charge in [-0.05, 0) is 0 Å². The zero-order chi connectivity index (χ0) is 28.5. The molecular weight excluding hydrogens is 642 g/mol. The fraction of sp³-hybridized carbons (Fsp3) is 0. The Morgan fingerprint density at radius 1 is 0.465 bits per heavy atom. The summed E-state index contributed by atoms with van der Waals surface area (Å²) in [5.74, 6) is 0. The van der Waals surface area contributed by atoms with E-state index in [1.165, 1.54) is 39.4 Å². The molecule has 0 amide bonds. The van der Waals surface area contributed by atoms with Crippen LogP contribution in [0.3, 0.4) is 0 Å². The van der Waals surface area contributed by atoms with Crippen LogP contribution in [0.2, 0.25) is 0 Å². The number of hydrogen-bond acceptors (Lipinski definition) is 3. The zero-order valence-electron chi connectivity index (χ0n) is 23.0. The van der Waals surface area contributed by atoms with Gasteiger partial charge in [-0.2, -0.15) is 0 Å². The van der Waals surface area contributed by atoms with E-state index in [1.807, 2.05) is 24.3 Å². The van der Waals surface area contributed by atoms with Gasteiger partial charge in [-0.1, -0.05) is 0 Å². The number of nitrogens with zero attached hydrogens (tertiary/aromatic N) is 1. The molecule has 0 aliphatic carbocycles. The Hall–Kier alpha value is -4.88. The maximum atomic E-state index is 13.5. The van der Waals surface area contributed by atoms with Crippen LogP contribution in [-0.4, -0.2) is 20.4 Å². The van der Waals surface area contributed by atoms with Gasteiger partial charge in [-0.3, -0.25) is 0 Å². The number of hydrogen-bond donors (Lipinski definition) is 0. The number of para-hydroxylation sites is 1. The van der Waals surface area contributed by atoms with Crippen molar-refractivity contribution in [2.45, 2.75) is 0 Å². The van der Waals surface area contributed by atoms with Crippen molar-refractivity contribution in [2.24, 2.45) is 0 Å². The van der Waals surface area contributed by atoms with Crippen LogP contribution in [0.25, 0.3) is 61.1 Å². The van der Waals surface area contributed by atoms with Gasteiger partial charge in [0.25, 0.3) is 0 Å². The molecule has 43 heavy (non-hydrogen) atoms. The van der Waals surface area contributed by atoms with Gasteiger partial charge in [0, 0.05) is 0 Å². The summed E-state index contributed by atoms with van der Waals surface area (Å²) in [5.41, 5.74) is 4.83. The van der Waals surface area contributed by atoms with Crippen LogP contribution >= 0.6 is 0 Å². The van der Waals surface area contributed by atoms with E-state index >= 15 is 0 Å². The van der Waals surface area contributed by atoms with Gasteiger partial charge in [-0.25, -0.2) is 0 Å². The van der Waals surface area contributed by atoms with Crippen LogP contribution in [0.5, 0.6) is 0 Å². The summed E-state index contributed by atoms with van der Waals surface area (Å²) < 4.78 is 8.95. The molecule has 2 heterocycles. The van der Waals surface area contributed by atoms with Gasteiger partial charge in [0.1, 0.15) is 0 Å². The first-order chi connectivity index (χ1) is 21.2. The van der Waals surface area contributed by atoms with Crippen molar-refractivity contribution >= 4 is 98.6 Å². The molecule has 0 radical (unpaired) electrons. The molecule has 0 saturated heterocycles. The van der Waals surface area contributed by atoms with Crippen LogP contribution in [0.15, 0.2) is 149 Å². The minimum absolute atomic E-state index is 0.0259. The minimum atomic E-state index is -0.795. The summed E-state index contributed by atoms with van der Waals surface area (Å²) in [6.45, 7) is 0. The molecule has 9 rings (SSSR count). The average molecular weight is 665 g/mol. The first-order valence-corrected chi connectivity index (χ1v) is 16.6. The SMILES string of the molecule is O=c1c2ccccc2oc2cc3[te]c4c(N(c5cccc6ccccc56)c5cccc6ccccc56)cccc4c3cc12. The summed E-state index contributed by atoms with van der Waals surface area (Å²) in [6.07, 6.45) is 0. The number of benzene rings is 7. The Morgan fingerprint density at radius 3 is 1.74 bits per heavy atom. The molecule has 0 N–H and O–H groups in total. The Labute approximate surface area is 256 Å².